The lowest BCUT2D eigenvalue weighted by atomic mass is 9.96. The summed E-state index contributed by atoms with van der Waals surface area (Å²) in [6.07, 6.45) is 2.40. The summed E-state index contributed by atoms with van der Waals surface area (Å²) in [4.78, 5) is 4.81. The molecule has 1 N–H and O–H groups in total. The number of imidazole rings is 1. The highest BCUT2D eigenvalue weighted by atomic mass is 15.1. The summed E-state index contributed by atoms with van der Waals surface area (Å²) in [5.74, 6) is 1.15. The minimum atomic E-state index is 0.0850. The highest BCUT2D eigenvalue weighted by Crippen LogP contribution is 2.30. The largest absolute Gasteiger partial charge is 0.385 e. The van der Waals surface area contributed by atoms with Crippen molar-refractivity contribution in [3.8, 4) is 0 Å². The third-order valence-corrected chi connectivity index (χ3v) is 3.71. The number of benzene rings is 1. The molecule has 96 valence electrons. The molecule has 3 nitrogen and oxygen atoms in total. The van der Waals surface area contributed by atoms with Gasteiger partial charge in [-0.15, -0.1) is 0 Å². The zero-order valence-corrected chi connectivity index (χ0v) is 11.7. The van der Waals surface area contributed by atoms with Crippen LogP contribution in [0.5, 0.6) is 0 Å². The van der Waals surface area contributed by atoms with E-state index in [-0.39, 0.29) is 5.41 Å². The lowest BCUT2D eigenvalue weighted by Crippen LogP contribution is -2.17. The van der Waals surface area contributed by atoms with Gasteiger partial charge >= 0.3 is 0 Å². The van der Waals surface area contributed by atoms with Crippen LogP contribution in [0.2, 0.25) is 0 Å². The summed E-state index contributed by atoms with van der Waals surface area (Å²) in [7, 11) is 2.12. The first-order chi connectivity index (χ1) is 8.47. The first kappa shape index (κ1) is 11.6. The van der Waals surface area contributed by atoms with Gasteiger partial charge in [0, 0.05) is 24.7 Å². The van der Waals surface area contributed by atoms with E-state index in [9.17, 15) is 0 Å². The van der Waals surface area contributed by atoms with Crippen LogP contribution in [0.15, 0.2) is 12.1 Å². The number of rotatable bonds is 0. The third kappa shape index (κ3) is 1.69. The van der Waals surface area contributed by atoms with Crippen molar-refractivity contribution in [2.75, 3.05) is 11.9 Å². The van der Waals surface area contributed by atoms with Gasteiger partial charge < -0.3 is 9.88 Å². The second-order valence-corrected chi connectivity index (χ2v) is 6.27. The van der Waals surface area contributed by atoms with Crippen molar-refractivity contribution < 1.29 is 0 Å². The molecule has 1 aliphatic heterocycles. The number of hydrogen-bond acceptors (Lipinski definition) is 2. The Morgan fingerprint density at radius 2 is 2.06 bits per heavy atom. The van der Waals surface area contributed by atoms with Gasteiger partial charge in [-0.1, -0.05) is 20.8 Å². The predicted molar refractivity (Wildman–Crippen MR) is 76.2 cm³/mol. The predicted octanol–water partition coefficient (Wildman–Crippen LogP) is 3.23. The van der Waals surface area contributed by atoms with Crippen LogP contribution in [-0.2, 0) is 18.9 Å². The second-order valence-electron chi connectivity index (χ2n) is 6.27. The van der Waals surface area contributed by atoms with Crippen LogP contribution in [0.3, 0.4) is 0 Å². The molecule has 0 unspecified atom stereocenters. The zero-order chi connectivity index (χ0) is 12.9. The summed E-state index contributed by atoms with van der Waals surface area (Å²) in [6.45, 7) is 7.72. The Labute approximate surface area is 108 Å². The Balaban J connectivity index is 2.24. The number of aryl methyl sites for hydroxylation is 2. The van der Waals surface area contributed by atoms with Crippen molar-refractivity contribution in [1.82, 2.24) is 9.55 Å². The molecule has 2 aromatic rings. The van der Waals surface area contributed by atoms with Gasteiger partial charge in [-0.05, 0) is 30.5 Å². The molecule has 0 amide bonds. The SMILES string of the molecule is Cn1c(C(C)(C)C)nc2cc3c(cc21)CCCN3. The minimum absolute atomic E-state index is 0.0850. The number of aromatic nitrogens is 2. The van der Waals surface area contributed by atoms with Crippen molar-refractivity contribution in [3.63, 3.8) is 0 Å². The molecular weight excluding hydrogens is 222 g/mol. The lowest BCUT2D eigenvalue weighted by Gasteiger charge is -2.18. The van der Waals surface area contributed by atoms with Gasteiger partial charge in [0.05, 0.1) is 11.0 Å². The maximum absolute atomic E-state index is 4.81. The smallest absolute Gasteiger partial charge is 0.115 e. The molecule has 1 aromatic carbocycles. The fourth-order valence-electron chi connectivity index (χ4n) is 2.83. The molecule has 1 aromatic heterocycles. The molecule has 0 bridgehead atoms. The van der Waals surface area contributed by atoms with Gasteiger partial charge in [0.2, 0.25) is 0 Å². The quantitative estimate of drug-likeness (QED) is 0.770. The Hall–Kier alpha value is -1.51. The summed E-state index contributed by atoms with van der Waals surface area (Å²) in [5, 5.41) is 3.47. The molecule has 2 heterocycles. The maximum atomic E-state index is 4.81. The van der Waals surface area contributed by atoms with Gasteiger partial charge in [0.15, 0.2) is 0 Å². The van der Waals surface area contributed by atoms with E-state index < -0.39 is 0 Å². The van der Waals surface area contributed by atoms with E-state index >= 15 is 0 Å². The zero-order valence-electron chi connectivity index (χ0n) is 11.7. The van der Waals surface area contributed by atoms with Crippen molar-refractivity contribution in [1.29, 1.82) is 0 Å². The highest BCUT2D eigenvalue weighted by molar-refractivity contribution is 5.82. The molecule has 0 fully saturated rings. The molecule has 0 spiro atoms. The normalized spacial score (nSPS) is 15.6. The summed E-state index contributed by atoms with van der Waals surface area (Å²) < 4.78 is 2.24. The summed E-state index contributed by atoms with van der Waals surface area (Å²) in [6, 6.07) is 4.51. The van der Waals surface area contributed by atoms with Crippen LogP contribution >= 0.6 is 0 Å². The van der Waals surface area contributed by atoms with Crippen LogP contribution < -0.4 is 5.32 Å². The van der Waals surface area contributed by atoms with Gasteiger partial charge in [-0.3, -0.25) is 0 Å². The van der Waals surface area contributed by atoms with E-state index in [1.807, 2.05) is 0 Å². The van der Waals surface area contributed by atoms with Crippen LogP contribution in [0.25, 0.3) is 11.0 Å². The summed E-state index contributed by atoms with van der Waals surface area (Å²) in [5.41, 5.74) is 5.14. The van der Waals surface area contributed by atoms with Crippen molar-refractivity contribution >= 4 is 16.7 Å². The maximum Gasteiger partial charge on any atom is 0.115 e. The Bertz CT molecular complexity index is 602. The average Bonchev–Trinajstić information content (AvgIpc) is 2.64. The molecule has 0 radical (unpaired) electrons. The molecule has 3 heteroatoms. The number of nitrogens with one attached hydrogen (secondary N) is 1. The fraction of sp³-hybridized carbons (Fsp3) is 0.533. The monoisotopic (exact) mass is 243 g/mol. The van der Waals surface area contributed by atoms with Gasteiger partial charge in [0.1, 0.15) is 5.82 Å². The lowest BCUT2D eigenvalue weighted by molar-refractivity contribution is 0.526. The number of nitrogens with zero attached hydrogens (tertiary/aromatic N) is 2. The van der Waals surface area contributed by atoms with E-state index in [0.29, 0.717) is 0 Å². The van der Waals surface area contributed by atoms with Gasteiger partial charge in [-0.2, -0.15) is 0 Å². The highest BCUT2D eigenvalue weighted by Gasteiger charge is 2.22. The van der Waals surface area contributed by atoms with Crippen LogP contribution in [0, 0.1) is 0 Å². The number of fused-ring (bicyclic) bond motifs is 2. The van der Waals surface area contributed by atoms with Gasteiger partial charge in [-0.25, -0.2) is 4.98 Å². The standard InChI is InChI=1S/C15H21N3/c1-15(2,3)14-17-12-9-11-10(6-5-7-16-11)8-13(12)18(14)4/h8-9,16H,5-7H2,1-4H3. The Kier molecular flexibility index (Phi) is 2.40. The molecular formula is C15H21N3. The summed E-state index contributed by atoms with van der Waals surface area (Å²) >= 11 is 0. The van der Waals surface area contributed by atoms with E-state index in [1.54, 1.807) is 0 Å². The first-order valence-electron chi connectivity index (χ1n) is 6.70. The van der Waals surface area contributed by atoms with Gasteiger partial charge in [0.25, 0.3) is 0 Å². The molecule has 3 rings (SSSR count). The Morgan fingerprint density at radius 1 is 1.28 bits per heavy atom. The van der Waals surface area contributed by atoms with Crippen molar-refractivity contribution in [2.24, 2.45) is 7.05 Å². The number of anilines is 1. The minimum Gasteiger partial charge on any atom is -0.385 e. The molecule has 0 atom stereocenters. The molecule has 0 saturated carbocycles. The van der Waals surface area contributed by atoms with E-state index in [2.05, 4.69) is 49.8 Å². The third-order valence-electron chi connectivity index (χ3n) is 3.71. The number of hydrogen-bond donors (Lipinski definition) is 1. The molecule has 0 saturated heterocycles. The van der Waals surface area contributed by atoms with Crippen LogP contribution in [0.4, 0.5) is 5.69 Å². The first-order valence-corrected chi connectivity index (χ1v) is 6.70. The van der Waals surface area contributed by atoms with E-state index in [4.69, 9.17) is 4.98 Å². The van der Waals surface area contributed by atoms with Crippen molar-refractivity contribution in [2.45, 2.75) is 39.0 Å². The van der Waals surface area contributed by atoms with E-state index in [1.165, 1.54) is 29.6 Å². The second kappa shape index (κ2) is 3.74. The molecule has 18 heavy (non-hydrogen) atoms. The van der Waals surface area contributed by atoms with Crippen molar-refractivity contribution in [3.05, 3.63) is 23.5 Å². The fourth-order valence-corrected chi connectivity index (χ4v) is 2.83. The van der Waals surface area contributed by atoms with Crippen LogP contribution in [-0.4, -0.2) is 16.1 Å². The molecule has 0 aliphatic carbocycles. The topological polar surface area (TPSA) is 29.9 Å². The van der Waals surface area contributed by atoms with E-state index in [0.717, 1.165) is 17.9 Å². The average molecular weight is 243 g/mol. The Morgan fingerprint density at radius 3 is 2.78 bits per heavy atom. The van der Waals surface area contributed by atoms with Crippen LogP contribution in [0.1, 0.15) is 38.6 Å². The molecule has 1 aliphatic rings.